The fraction of sp³-hybridized carbons (Fsp3) is 0.553. The number of carbonyl (C=O) groups excluding carboxylic acids is 4. The number of β-lactam (4-membered cyclic amide) rings is 1. The summed E-state index contributed by atoms with van der Waals surface area (Å²) in [5.74, 6) is -0.428. The molecule has 4 atom stereocenters. The van der Waals surface area contributed by atoms with Gasteiger partial charge in [0.25, 0.3) is 0 Å². The van der Waals surface area contributed by atoms with Crippen molar-refractivity contribution < 1.29 is 33.4 Å². The largest absolute Gasteiger partial charge is 0.465 e. The van der Waals surface area contributed by atoms with Crippen LogP contribution < -0.4 is 0 Å². The number of aliphatic imine (C=N–C) groups is 1. The number of hydrogen-bond acceptors (Lipinski definition) is 8. The fourth-order valence-electron chi connectivity index (χ4n) is 5.68. The molecular weight excluding hydrogens is 624 g/mol. The minimum atomic E-state index is -0.625. The molecule has 11 heteroatoms. The first-order valence-electron chi connectivity index (χ1n) is 17.1. The van der Waals surface area contributed by atoms with Crippen molar-refractivity contribution in [3.63, 3.8) is 0 Å². The lowest BCUT2D eigenvalue weighted by molar-refractivity contribution is -0.157. The Hall–Kier alpha value is -4.41. The molecule has 2 aliphatic rings. The highest BCUT2D eigenvalue weighted by Gasteiger charge is 2.57. The van der Waals surface area contributed by atoms with Crippen LogP contribution in [0.1, 0.15) is 98.4 Å². The van der Waals surface area contributed by atoms with Gasteiger partial charge in [-0.05, 0) is 79.9 Å². The number of carbonyl (C=O) groups is 4. The van der Waals surface area contributed by atoms with E-state index in [4.69, 9.17) is 14.2 Å². The molecular formula is C38H54N4O7. The molecule has 268 valence electrons. The van der Waals surface area contributed by atoms with E-state index in [9.17, 15) is 19.2 Å². The Labute approximate surface area is 291 Å². The summed E-state index contributed by atoms with van der Waals surface area (Å²) in [6, 6.07) is 19.8. The van der Waals surface area contributed by atoms with Gasteiger partial charge < -0.3 is 19.1 Å². The third-order valence-electron chi connectivity index (χ3n) is 7.97. The molecule has 49 heavy (non-hydrogen) atoms. The number of esters is 1. The summed E-state index contributed by atoms with van der Waals surface area (Å²) in [5, 5.41) is 0. The highest BCUT2D eigenvalue weighted by atomic mass is 16.6. The van der Waals surface area contributed by atoms with Gasteiger partial charge in [0, 0.05) is 25.7 Å². The van der Waals surface area contributed by atoms with Crippen molar-refractivity contribution in [2.45, 2.75) is 111 Å². The predicted octanol–water partition coefficient (Wildman–Crippen LogP) is 6.98. The van der Waals surface area contributed by atoms with Gasteiger partial charge in [0.15, 0.2) is 0 Å². The van der Waals surface area contributed by atoms with Crippen LogP contribution in [0.2, 0.25) is 0 Å². The van der Waals surface area contributed by atoms with Gasteiger partial charge in [0.1, 0.15) is 23.8 Å². The predicted molar refractivity (Wildman–Crippen MR) is 189 cm³/mol. The van der Waals surface area contributed by atoms with E-state index in [0.717, 1.165) is 17.5 Å². The van der Waals surface area contributed by atoms with Crippen LogP contribution in [-0.4, -0.2) is 94.5 Å². The first-order valence-corrected chi connectivity index (χ1v) is 17.1. The van der Waals surface area contributed by atoms with Crippen molar-refractivity contribution in [3.05, 3.63) is 71.8 Å². The first-order chi connectivity index (χ1) is 23.0. The molecule has 0 N–H and O–H groups in total. The van der Waals surface area contributed by atoms with E-state index in [1.54, 1.807) is 38.8 Å². The van der Waals surface area contributed by atoms with Crippen molar-refractivity contribution in [1.29, 1.82) is 0 Å². The maximum Gasteiger partial charge on any atom is 0.411 e. The van der Waals surface area contributed by atoms with Gasteiger partial charge in [0.2, 0.25) is 5.91 Å². The average molecular weight is 679 g/mol. The van der Waals surface area contributed by atoms with Crippen molar-refractivity contribution in [3.8, 4) is 0 Å². The molecule has 4 rings (SSSR count). The zero-order valence-corrected chi connectivity index (χ0v) is 30.5. The standard InChI is InChI=1S/C20H30N2O4.C18H24N2O3/c1-6-25-18(23)15-22(19(24)26-20(3,4)5)14-10-13-21-16(2)17-11-8-7-9-12-17;1-12(13-8-6-5-7-9-13)20-14-10-11-19(15(14)16(20)21)17(22)23-18(2,3)4/h7-9,11-13,16H,6,10,14-15H2,1-5H3;5-9,12,14-15H,10-11H2,1-4H3/t16-;12-,14-,15+/m11/s1. The Morgan fingerprint density at radius 1 is 0.918 bits per heavy atom. The maximum absolute atomic E-state index is 12.6. The van der Waals surface area contributed by atoms with E-state index < -0.39 is 23.3 Å². The summed E-state index contributed by atoms with van der Waals surface area (Å²) < 4.78 is 15.7. The number of nitrogens with zero attached hydrogens (tertiary/aromatic N) is 4. The van der Waals surface area contributed by atoms with Crippen molar-refractivity contribution in [2.75, 3.05) is 26.2 Å². The number of amides is 3. The first kappa shape index (κ1) is 39.0. The summed E-state index contributed by atoms with van der Waals surface area (Å²) in [7, 11) is 0. The smallest absolute Gasteiger partial charge is 0.411 e. The SMILES string of the molecule is CCOC(=O)CN(CCC=N[C@H](C)c1ccccc1)C(=O)OC(C)(C)C.C[C@H](c1ccccc1)N1C(=O)[C@@H]2[C@H]1CCN2C(=O)OC(C)(C)C. The molecule has 2 fully saturated rings. The third-order valence-corrected chi connectivity index (χ3v) is 7.97. The molecule has 0 bridgehead atoms. The van der Waals surface area contributed by atoms with Crippen LogP contribution in [0.5, 0.6) is 0 Å². The topological polar surface area (TPSA) is 118 Å². The van der Waals surface area contributed by atoms with Crippen molar-refractivity contribution in [1.82, 2.24) is 14.7 Å². The monoisotopic (exact) mass is 678 g/mol. The molecule has 2 saturated heterocycles. The van der Waals surface area contributed by atoms with E-state index in [-0.39, 0.29) is 49.3 Å². The minimum Gasteiger partial charge on any atom is -0.465 e. The Balaban J connectivity index is 0.000000267. The van der Waals surface area contributed by atoms with Gasteiger partial charge in [-0.3, -0.25) is 24.4 Å². The Morgan fingerprint density at radius 3 is 2.04 bits per heavy atom. The van der Waals surface area contributed by atoms with E-state index >= 15 is 0 Å². The molecule has 0 radical (unpaired) electrons. The Kier molecular flexibility index (Phi) is 13.8. The molecule has 2 aromatic carbocycles. The molecule has 3 amide bonds. The minimum absolute atomic E-state index is 0.0229. The molecule has 2 aromatic rings. The van der Waals surface area contributed by atoms with Crippen LogP contribution in [-0.2, 0) is 23.8 Å². The van der Waals surface area contributed by atoms with Crippen molar-refractivity contribution >= 4 is 30.3 Å². The summed E-state index contributed by atoms with van der Waals surface area (Å²) in [5.41, 5.74) is 1.08. The lowest BCUT2D eigenvalue weighted by Crippen LogP contribution is -2.67. The molecule has 11 nitrogen and oxygen atoms in total. The van der Waals surface area contributed by atoms with Gasteiger partial charge in [-0.15, -0.1) is 0 Å². The number of ether oxygens (including phenoxy) is 3. The maximum atomic E-state index is 12.6. The van der Waals surface area contributed by atoms with Gasteiger partial charge in [-0.25, -0.2) is 9.59 Å². The quantitative estimate of drug-likeness (QED) is 0.115. The summed E-state index contributed by atoms with van der Waals surface area (Å²) >= 11 is 0. The number of fused-ring (bicyclic) bond motifs is 1. The van der Waals surface area contributed by atoms with Crippen LogP contribution >= 0.6 is 0 Å². The molecule has 0 aliphatic carbocycles. The lowest BCUT2D eigenvalue weighted by Gasteiger charge is -2.48. The zero-order chi connectivity index (χ0) is 36.4. The van der Waals surface area contributed by atoms with Gasteiger partial charge in [-0.1, -0.05) is 60.7 Å². The number of likely N-dealkylation sites (tertiary alicyclic amines) is 2. The lowest BCUT2D eigenvalue weighted by atomic mass is 9.91. The molecule has 0 spiro atoms. The molecule has 2 heterocycles. The molecule has 0 unspecified atom stereocenters. The highest BCUT2D eigenvalue weighted by molar-refractivity contribution is 5.93. The third kappa shape index (κ3) is 11.6. The number of hydrogen-bond donors (Lipinski definition) is 0. The van der Waals surface area contributed by atoms with E-state index in [1.807, 2.05) is 100 Å². The second-order valence-corrected chi connectivity index (χ2v) is 14.2. The van der Waals surface area contributed by atoms with Crippen LogP contribution in [0.25, 0.3) is 0 Å². The zero-order valence-electron chi connectivity index (χ0n) is 30.5. The number of rotatable bonds is 10. The van der Waals surface area contributed by atoms with Crippen LogP contribution in [0, 0.1) is 0 Å². The van der Waals surface area contributed by atoms with Crippen molar-refractivity contribution in [2.24, 2.45) is 4.99 Å². The number of benzene rings is 2. The summed E-state index contributed by atoms with van der Waals surface area (Å²) in [6.07, 6.45) is 2.20. The summed E-state index contributed by atoms with van der Waals surface area (Å²) in [6.45, 7) is 17.7. The second kappa shape index (κ2) is 17.3. The van der Waals surface area contributed by atoms with Crippen LogP contribution in [0.3, 0.4) is 0 Å². The second-order valence-electron chi connectivity index (χ2n) is 14.2. The van der Waals surface area contributed by atoms with E-state index in [2.05, 4.69) is 4.99 Å². The van der Waals surface area contributed by atoms with Gasteiger partial charge in [0.05, 0.1) is 24.7 Å². The van der Waals surface area contributed by atoms with Gasteiger partial charge >= 0.3 is 18.2 Å². The molecule has 0 aromatic heterocycles. The average Bonchev–Trinajstić information content (AvgIpc) is 3.42. The fourth-order valence-corrected chi connectivity index (χ4v) is 5.68. The highest BCUT2D eigenvalue weighted by Crippen LogP contribution is 2.40. The Morgan fingerprint density at radius 2 is 1.49 bits per heavy atom. The Bertz CT molecular complexity index is 1420. The van der Waals surface area contributed by atoms with E-state index in [0.29, 0.717) is 19.5 Å². The van der Waals surface area contributed by atoms with Gasteiger partial charge in [-0.2, -0.15) is 0 Å². The normalized spacial score (nSPS) is 18.4. The van der Waals surface area contributed by atoms with Crippen LogP contribution in [0.15, 0.2) is 65.7 Å². The molecule has 0 saturated carbocycles. The molecule has 2 aliphatic heterocycles. The van der Waals surface area contributed by atoms with E-state index in [1.165, 1.54) is 4.90 Å². The summed E-state index contributed by atoms with van der Waals surface area (Å²) in [4.78, 5) is 58.3. The van der Waals surface area contributed by atoms with Crippen LogP contribution in [0.4, 0.5) is 9.59 Å².